The number of Topliss-reactive ketones (excluding diaryl/α,β-unsaturated/α-hetero) is 1. The second-order valence-corrected chi connectivity index (χ2v) is 6.32. The number of ketones is 1. The lowest BCUT2D eigenvalue weighted by Crippen LogP contribution is -2.38. The number of hydrogen-bond donors (Lipinski definition) is 1. The fourth-order valence-electron chi connectivity index (χ4n) is 2.76. The molecular weight excluding hydrogens is 324 g/mol. The second kappa shape index (κ2) is 9.32. The molecule has 0 aliphatic carbocycles. The molecule has 1 aromatic rings. The number of ether oxygens (including phenoxy) is 2. The topological polar surface area (TPSA) is 89.9 Å². The first-order chi connectivity index (χ1) is 12.0. The molecule has 1 aromatic carbocycles. The molecule has 1 aliphatic heterocycles. The molecule has 0 saturated carbocycles. The molecule has 1 saturated heterocycles. The van der Waals surface area contributed by atoms with Gasteiger partial charge in [-0.2, -0.15) is 0 Å². The number of hydrogen-bond acceptors (Lipinski definition) is 6. The van der Waals surface area contributed by atoms with Gasteiger partial charge >= 0.3 is 11.9 Å². The molecule has 3 atom stereocenters. The number of carbonyl (C=O) groups is 3. The fourth-order valence-corrected chi connectivity index (χ4v) is 2.76. The van der Waals surface area contributed by atoms with E-state index in [4.69, 9.17) is 9.47 Å². The van der Waals surface area contributed by atoms with Crippen molar-refractivity contribution in [2.75, 3.05) is 0 Å². The quantitative estimate of drug-likeness (QED) is 0.826. The lowest BCUT2D eigenvalue weighted by Gasteiger charge is -2.21. The summed E-state index contributed by atoms with van der Waals surface area (Å²) in [5.74, 6) is -1.98. The van der Waals surface area contributed by atoms with Gasteiger partial charge in [0.25, 0.3) is 0 Å². The van der Waals surface area contributed by atoms with E-state index in [2.05, 4.69) is 0 Å². The normalized spacial score (nSPS) is 26.1. The van der Waals surface area contributed by atoms with Gasteiger partial charge in [-0.3, -0.25) is 9.59 Å². The van der Waals surface area contributed by atoms with E-state index < -0.39 is 36.4 Å². The van der Waals surface area contributed by atoms with Crippen molar-refractivity contribution >= 4 is 17.7 Å². The maximum atomic E-state index is 12.4. The highest BCUT2D eigenvalue weighted by Gasteiger charge is 2.32. The fraction of sp³-hybridized carbons (Fsp3) is 0.526. The number of carbonyl (C=O) groups excluding carboxylic acids is 3. The zero-order chi connectivity index (χ0) is 18.2. The van der Waals surface area contributed by atoms with Crippen LogP contribution in [-0.4, -0.2) is 41.1 Å². The minimum Gasteiger partial charge on any atom is -0.463 e. The molecule has 136 valence electrons. The van der Waals surface area contributed by atoms with Crippen LogP contribution in [0.5, 0.6) is 0 Å². The van der Waals surface area contributed by atoms with Crippen LogP contribution in [0, 0.1) is 0 Å². The molecule has 6 nitrogen and oxygen atoms in total. The van der Waals surface area contributed by atoms with Crippen LogP contribution in [0.2, 0.25) is 0 Å². The second-order valence-electron chi connectivity index (χ2n) is 6.32. The SMILES string of the molecule is C[C@H]1CCCCC[C@H](O)C(=O)C(OC(=O)c2ccccc2)CC(=O)O1. The Morgan fingerprint density at radius 1 is 1.12 bits per heavy atom. The van der Waals surface area contributed by atoms with Crippen LogP contribution in [0.4, 0.5) is 0 Å². The van der Waals surface area contributed by atoms with Gasteiger partial charge in [-0.1, -0.05) is 31.0 Å². The Kier molecular flexibility index (Phi) is 7.13. The van der Waals surface area contributed by atoms with Crippen molar-refractivity contribution in [3.05, 3.63) is 35.9 Å². The predicted octanol–water partition coefficient (Wildman–Crippen LogP) is 2.43. The van der Waals surface area contributed by atoms with Gasteiger partial charge in [0.1, 0.15) is 6.10 Å². The summed E-state index contributed by atoms with van der Waals surface area (Å²) < 4.78 is 10.5. The Morgan fingerprint density at radius 2 is 1.80 bits per heavy atom. The van der Waals surface area contributed by atoms with E-state index in [1.54, 1.807) is 37.3 Å². The Balaban J connectivity index is 2.12. The highest BCUT2D eigenvalue weighted by molar-refractivity contribution is 5.95. The summed E-state index contributed by atoms with van der Waals surface area (Å²) in [6.45, 7) is 1.80. The third-order valence-electron chi connectivity index (χ3n) is 4.18. The zero-order valence-corrected chi connectivity index (χ0v) is 14.3. The van der Waals surface area contributed by atoms with Crippen molar-refractivity contribution in [2.24, 2.45) is 0 Å². The lowest BCUT2D eigenvalue weighted by atomic mass is 10.00. The van der Waals surface area contributed by atoms with Crippen molar-refractivity contribution in [2.45, 2.75) is 63.8 Å². The molecular formula is C19H24O6. The molecule has 0 spiro atoms. The maximum absolute atomic E-state index is 12.4. The third-order valence-corrected chi connectivity index (χ3v) is 4.18. The molecule has 0 aromatic heterocycles. The minimum absolute atomic E-state index is 0.252. The van der Waals surface area contributed by atoms with Gasteiger partial charge in [-0.05, 0) is 38.3 Å². The summed E-state index contributed by atoms with van der Waals surface area (Å²) in [5.41, 5.74) is 0.276. The van der Waals surface area contributed by atoms with E-state index in [1.165, 1.54) is 0 Å². The van der Waals surface area contributed by atoms with E-state index in [0.717, 1.165) is 19.3 Å². The smallest absolute Gasteiger partial charge is 0.338 e. The number of aliphatic hydroxyl groups excluding tert-OH is 1. The van der Waals surface area contributed by atoms with Crippen molar-refractivity contribution in [1.82, 2.24) is 0 Å². The number of esters is 2. The Bertz CT molecular complexity index is 597. The van der Waals surface area contributed by atoms with Crippen molar-refractivity contribution in [3.63, 3.8) is 0 Å². The van der Waals surface area contributed by atoms with E-state index in [-0.39, 0.29) is 11.7 Å². The first-order valence-corrected chi connectivity index (χ1v) is 8.64. The largest absolute Gasteiger partial charge is 0.463 e. The monoisotopic (exact) mass is 348 g/mol. The molecule has 6 heteroatoms. The maximum Gasteiger partial charge on any atom is 0.338 e. The average Bonchev–Trinajstić information content (AvgIpc) is 2.59. The van der Waals surface area contributed by atoms with Gasteiger partial charge in [-0.15, -0.1) is 0 Å². The van der Waals surface area contributed by atoms with Crippen LogP contribution < -0.4 is 0 Å². The summed E-state index contributed by atoms with van der Waals surface area (Å²) >= 11 is 0. The summed E-state index contributed by atoms with van der Waals surface area (Å²) in [5, 5.41) is 10.1. The van der Waals surface area contributed by atoms with Gasteiger partial charge in [0.2, 0.25) is 5.78 Å². The van der Waals surface area contributed by atoms with Crippen LogP contribution >= 0.6 is 0 Å². The Hall–Kier alpha value is -2.21. The molecule has 1 heterocycles. The van der Waals surface area contributed by atoms with E-state index >= 15 is 0 Å². The molecule has 0 radical (unpaired) electrons. The van der Waals surface area contributed by atoms with Gasteiger partial charge < -0.3 is 14.6 Å². The van der Waals surface area contributed by atoms with Crippen molar-refractivity contribution < 1.29 is 29.0 Å². The standard InChI is InChI=1S/C19H24O6/c1-13-8-4-2-7-11-15(20)18(22)16(12-17(21)24-13)25-19(23)14-9-5-3-6-10-14/h3,5-6,9-10,13,15-16,20H,2,4,7-8,11-12H2,1H3/t13-,15-,16?/m0/s1. The molecule has 0 amide bonds. The Morgan fingerprint density at radius 3 is 2.52 bits per heavy atom. The minimum atomic E-state index is -1.35. The molecule has 1 N–H and O–H groups in total. The van der Waals surface area contributed by atoms with Crippen molar-refractivity contribution in [1.29, 1.82) is 0 Å². The van der Waals surface area contributed by atoms with Gasteiger partial charge in [-0.25, -0.2) is 4.79 Å². The average molecular weight is 348 g/mol. The van der Waals surface area contributed by atoms with E-state index in [9.17, 15) is 19.5 Å². The number of aliphatic hydroxyl groups is 1. The van der Waals surface area contributed by atoms with Gasteiger partial charge in [0, 0.05) is 0 Å². The molecule has 2 rings (SSSR count). The summed E-state index contributed by atoms with van der Waals surface area (Å²) in [7, 11) is 0. The Labute approximate surface area is 147 Å². The van der Waals surface area contributed by atoms with Crippen LogP contribution in [-0.2, 0) is 19.1 Å². The molecule has 1 aliphatic rings. The zero-order valence-electron chi connectivity index (χ0n) is 14.3. The van der Waals surface area contributed by atoms with Crippen LogP contribution in [0.25, 0.3) is 0 Å². The summed E-state index contributed by atoms with van der Waals surface area (Å²) in [6, 6.07) is 8.20. The highest BCUT2D eigenvalue weighted by Crippen LogP contribution is 2.17. The molecule has 25 heavy (non-hydrogen) atoms. The van der Waals surface area contributed by atoms with Crippen molar-refractivity contribution in [3.8, 4) is 0 Å². The van der Waals surface area contributed by atoms with Crippen LogP contribution in [0.3, 0.4) is 0 Å². The molecule has 0 bridgehead atoms. The predicted molar refractivity (Wildman–Crippen MR) is 89.9 cm³/mol. The van der Waals surface area contributed by atoms with Crippen LogP contribution in [0.15, 0.2) is 30.3 Å². The molecule has 1 unspecified atom stereocenters. The first kappa shape index (κ1) is 19.1. The number of cyclic esters (lactones) is 1. The first-order valence-electron chi connectivity index (χ1n) is 8.64. The number of rotatable bonds is 2. The van der Waals surface area contributed by atoms with Crippen LogP contribution in [0.1, 0.15) is 55.8 Å². The lowest BCUT2D eigenvalue weighted by molar-refractivity contribution is -0.155. The molecule has 1 fully saturated rings. The van der Waals surface area contributed by atoms with Gasteiger partial charge in [0.05, 0.1) is 18.1 Å². The van der Waals surface area contributed by atoms with E-state index in [1.807, 2.05) is 0 Å². The van der Waals surface area contributed by atoms with E-state index in [0.29, 0.717) is 12.8 Å². The van der Waals surface area contributed by atoms with Gasteiger partial charge in [0.15, 0.2) is 6.10 Å². The third kappa shape index (κ3) is 5.98. The summed E-state index contributed by atoms with van der Waals surface area (Å²) in [4.78, 5) is 36.7. The summed E-state index contributed by atoms with van der Waals surface area (Å²) in [6.07, 6.45) is 0.164. The highest BCUT2D eigenvalue weighted by atomic mass is 16.6. The number of benzene rings is 1.